The van der Waals surface area contributed by atoms with Gasteiger partial charge in [-0.05, 0) is 46.4 Å². The third kappa shape index (κ3) is 7.20. The summed E-state index contributed by atoms with van der Waals surface area (Å²) in [5, 5.41) is 20.1. The van der Waals surface area contributed by atoms with Gasteiger partial charge in [-0.15, -0.1) is 0 Å². The van der Waals surface area contributed by atoms with Gasteiger partial charge in [0.25, 0.3) is 10.0 Å². The van der Waals surface area contributed by atoms with Crippen LogP contribution >= 0.6 is 0 Å². The lowest BCUT2D eigenvalue weighted by Crippen LogP contribution is -2.41. The van der Waals surface area contributed by atoms with Gasteiger partial charge in [0.15, 0.2) is 6.29 Å². The number of nitro groups is 1. The van der Waals surface area contributed by atoms with E-state index in [2.05, 4.69) is 18.8 Å². The van der Waals surface area contributed by atoms with Gasteiger partial charge < -0.3 is 24.7 Å². The van der Waals surface area contributed by atoms with Gasteiger partial charge in [-0.2, -0.15) is 0 Å². The van der Waals surface area contributed by atoms with Gasteiger partial charge >= 0.3 is 5.82 Å². The average molecular weight is 518 g/mol. The second kappa shape index (κ2) is 12.2. The summed E-state index contributed by atoms with van der Waals surface area (Å²) in [6, 6.07) is 16.3. The van der Waals surface area contributed by atoms with Crippen molar-refractivity contribution in [2.24, 2.45) is 11.8 Å². The molecule has 1 N–H and O–H groups in total. The lowest BCUT2D eigenvalue weighted by molar-refractivity contribution is -0.389. The second-order valence-electron chi connectivity index (χ2n) is 8.84. The van der Waals surface area contributed by atoms with Gasteiger partial charge in [0.2, 0.25) is 6.33 Å². The van der Waals surface area contributed by atoms with Crippen LogP contribution in [0.15, 0.2) is 72.0 Å². The number of imidazole rings is 1. The molecule has 2 unspecified atom stereocenters. The zero-order valence-corrected chi connectivity index (χ0v) is 21.2. The van der Waals surface area contributed by atoms with E-state index in [9.17, 15) is 23.6 Å². The lowest BCUT2D eigenvalue weighted by Gasteiger charge is -2.36. The van der Waals surface area contributed by atoms with Crippen molar-refractivity contribution in [3.8, 4) is 0 Å². The molecule has 0 spiro atoms. The van der Waals surface area contributed by atoms with Gasteiger partial charge in [0.1, 0.15) is 6.20 Å². The first-order valence-corrected chi connectivity index (χ1v) is 13.0. The number of nitrogens with zero attached hydrogens (tertiary/aromatic N) is 3. The molecule has 1 aromatic heterocycles. The molecule has 1 aliphatic rings. The molecule has 0 radical (unpaired) electrons. The highest BCUT2D eigenvalue weighted by Crippen LogP contribution is 2.29. The molecule has 10 nitrogen and oxygen atoms in total. The number of aliphatic hydroxyl groups is 1. The normalized spacial score (nSPS) is 21.9. The Labute approximate surface area is 210 Å². The third-order valence-corrected chi connectivity index (χ3v) is 7.74. The van der Waals surface area contributed by atoms with E-state index in [4.69, 9.17) is 9.47 Å². The highest BCUT2D eigenvalue weighted by molar-refractivity contribution is 7.90. The maximum absolute atomic E-state index is 12.1. The molecule has 4 atom stereocenters. The number of aliphatic hydroxyl groups excluding tert-OH is 1. The van der Waals surface area contributed by atoms with Crippen LogP contribution in [0.2, 0.25) is 0 Å². The Morgan fingerprint density at radius 3 is 2.44 bits per heavy atom. The number of ether oxygens (including phenoxy) is 2. The molecule has 194 valence electrons. The summed E-state index contributed by atoms with van der Waals surface area (Å²) in [6.07, 6.45) is 1.85. The first-order valence-electron chi connectivity index (χ1n) is 11.5. The molecule has 0 saturated carbocycles. The van der Waals surface area contributed by atoms with Gasteiger partial charge in [0.05, 0.1) is 24.2 Å². The van der Waals surface area contributed by atoms with E-state index >= 15 is 0 Å². The predicted octanol–water partition coefficient (Wildman–Crippen LogP) is 3.92. The lowest BCUT2D eigenvalue weighted by atomic mass is 9.86. The molecular weight excluding hydrogens is 486 g/mol. The maximum atomic E-state index is 12.1. The Hall–Kier alpha value is -3.12. The van der Waals surface area contributed by atoms with Crippen LogP contribution in [0, 0.1) is 28.9 Å². The Morgan fingerprint density at radius 1 is 1.17 bits per heavy atom. The van der Waals surface area contributed by atoms with E-state index in [-0.39, 0.29) is 11.0 Å². The minimum absolute atomic E-state index is 0.00698. The zero-order valence-electron chi connectivity index (χ0n) is 20.4. The van der Waals surface area contributed by atoms with Crippen LogP contribution in [-0.4, -0.2) is 46.4 Å². The Morgan fingerprint density at radius 2 is 1.83 bits per heavy atom. The molecule has 2 heterocycles. The van der Waals surface area contributed by atoms with Crippen LogP contribution in [0.3, 0.4) is 0 Å². The number of hydrogen-bond donors (Lipinski definition) is 1. The van der Waals surface area contributed by atoms with Crippen molar-refractivity contribution in [2.45, 2.75) is 51.1 Å². The van der Waals surface area contributed by atoms with Crippen LogP contribution in [0.4, 0.5) is 5.82 Å². The van der Waals surface area contributed by atoms with Gasteiger partial charge in [-0.25, -0.2) is 12.4 Å². The molecule has 0 amide bonds. The smallest absolute Gasteiger partial charge is 0.374 e. The molecule has 4 rings (SSSR count). The predicted molar refractivity (Wildman–Crippen MR) is 133 cm³/mol. The first kappa shape index (κ1) is 27.5. The summed E-state index contributed by atoms with van der Waals surface area (Å²) >= 11 is 0. The number of hydrogen-bond acceptors (Lipinski definition) is 8. The van der Waals surface area contributed by atoms with Crippen molar-refractivity contribution in [2.75, 3.05) is 6.61 Å². The number of aryl methyl sites for hydroxylation is 1. The third-order valence-electron chi connectivity index (χ3n) is 6.11. The van der Waals surface area contributed by atoms with Crippen molar-refractivity contribution in [1.29, 1.82) is 0 Å². The Kier molecular flexibility index (Phi) is 9.32. The van der Waals surface area contributed by atoms with Crippen molar-refractivity contribution >= 4 is 15.8 Å². The summed E-state index contributed by atoms with van der Waals surface area (Å²) in [7, 11) is -3.82. The van der Waals surface area contributed by atoms with Crippen molar-refractivity contribution in [1.82, 2.24) is 8.96 Å². The van der Waals surface area contributed by atoms with E-state index in [1.54, 1.807) is 12.1 Å². The molecule has 1 fully saturated rings. The van der Waals surface area contributed by atoms with Gasteiger partial charge in [-0.3, -0.25) is 0 Å². The van der Waals surface area contributed by atoms with Crippen LogP contribution in [-0.2, 0) is 26.1 Å². The molecule has 11 heteroatoms. The maximum Gasteiger partial charge on any atom is 0.382 e. The number of benzene rings is 2. The van der Waals surface area contributed by atoms with Gasteiger partial charge in [-0.1, -0.05) is 61.9 Å². The number of rotatable bonds is 7. The summed E-state index contributed by atoms with van der Waals surface area (Å²) in [4.78, 5) is 13.2. The topological polar surface area (TPSA) is 134 Å². The van der Waals surface area contributed by atoms with Gasteiger partial charge in [0, 0.05) is 6.42 Å². The van der Waals surface area contributed by atoms with Crippen molar-refractivity contribution < 1.29 is 27.9 Å². The first-order chi connectivity index (χ1) is 17.1. The Bertz CT molecular complexity index is 1230. The largest absolute Gasteiger partial charge is 0.382 e. The standard InChI is InChI=1S/C15H22O3.C10H9N3O4S/c1-11-8-15(16)18-14(12(11)2)10-17-9-13-6-4-3-5-7-13;1-8-2-4-9(5-3-8)18(16,17)12-6-10(11-7-12)13(14)15/h3-7,11-12,14-16H,8-10H2,1-2H3;2-7H,1H3/t11-,12+,14?,15?;/m1./s1. The highest BCUT2D eigenvalue weighted by Gasteiger charge is 2.32. The van der Waals surface area contributed by atoms with Crippen LogP contribution in [0.25, 0.3) is 0 Å². The summed E-state index contributed by atoms with van der Waals surface area (Å²) in [5.41, 5.74) is 2.08. The van der Waals surface area contributed by atoms with E-state index in [1.165, 1.54) is 12.1 Å². The summed E-state index contributed by atoms with van der Waals surface area (Å²) in [6.45, 7) is 7.28. The fourth-order valence-corrected chi connectivity index (χ4v) is 4.82. The van der Waals surface area contributed by atoms with Crippen LogP contribution in [0.1, 0.15) is 31.4 Å². The molecule has 3 aromatic rings. The second-order valence-corrected chi connectivity index (χ2v) is 10.7. The van der Waals surface area contributed by atoms with E-state index < -0.39 is 27.1 Å². The minimum Gasteiger partial charge on any atom is -0.374 e. The highest BCUT2D eigenvalue weighted by atomic mass is 32.2. The molecule has 1 aliphatic heterocycles. The molecule has 0 bridgehead atoms. The SMILES string of the molecule is C[C@@H]1CC(O)OC(COCc2ccccc2)[C@H]1C.Cc1ccc(S(=O)(=O)n2cnc([N+](=O)[O-])c2)cc1. The quantitative estimate of drug-likeness (QED) is 0.368. The summed E-state index contributed by atoms with van der Waals surface area (Å²) in [5.74, 6) is 0.383. The molecule has 36 heavy (non-hydrogen) atoms. The molecular formula is C25H31N3O7S. The van der Waals surface area contributed by atoms with Crippen LogP contribution < -0.4 is 0 Å². The minimum atomic E-state index is -3.82. The van der Waals surface area contributed by atoms with Crippen LogP contribution in [0.5, 0.6) is 0 Å². The molecule has 0 aliphatic carbocycles. The fraction of sp³-hybridized carbons (Fsp3) is 0.400. The summed E-state index contributed by atoms with van der Waals surface area (Å²) < 4.78 is 36.1. The fourth-order valence-electron chi connectivity index (χ4n) is 3.69. The van der Waals surface area contributed by atoms with E-state index in [1.807, 2.05) is 37.3 Å². The molecule has 2 aromatic carbocycles. The average Bonchev–Trinajstić information content (AvgIpc) is 3.35. The zero-order chi connectivity index (χ0) is 26.3. The number of aromatic nitrogens is 2. The Balaban J connectivity index is 0.000000201. The van der Waals surface area contributed by atoms with E-state index in [0.717, 1.165) is 34.0 Å². The van der Waals surface area contributed by atoms with E-state index in [0.29, 0.717) is 25.0 Å². The van der Waals surface area contributed by atoms with Crippen molar-refractivity contribution in [3.05, 3.63) is 88.4 Å². The molecule has 1 saturated heterocycles. The van der Waals surface area contributed by atoms with Crippen molar-refractivity contribution in [3.63, 3.8) is 0 Å². The monoisotopic (exact) mass is 517 g/mol.